The van der Waals surface area contributed by atoms with Gasteiger partial charge in [-0.05, 0) is 35.0 Å². The van der Waals surface area contributed by atoms with E-state index in [9.17, 15) is 4.79 Å². The van der Waals surface area contributed by atoms with Crippen molar-refractivity contribution < 1.29 is 4.79 Å². The Morgan fingerprint density at radius 1 is 1.75 bits per heavy atom. The first-order valence-corrected chi connectivity index (χ1v) is 6.03. The minimum Gasteiger partial charge on any atom is -0.330 e. The monoisotopic (exact) mass is 305 g/mol. The van der Waals surface area contributed by atoms with Gasteiger partial charge in [-0.15, -0.1) is 0 Å². The normalized spacial score (nSPS) is 12.2. The molecule has 3 N–H and O–H groups in total. The molecule has 6 heteroatoms. The number of carbonyl (C=O) groups is 1. The van der Waals surface area contributed by atoms with Gasteiger partial charge in [0.05, 0.1) is 16.4 Å². The van der Waals surface area contributed by atoms with E-state index in [0.29, 0.717) is 28.3 Å². The molecule has 16 heavy (non-hydrogen) atoms. The number of anilines is 1. The summed E-state index contributed by atoms with van der Waals surface area (Å²) in [5.41, 5.74) is 6.00. The average molecular weight is 307 g/mol. The molecule has 1 atom stereocenters. The van der Waals surface area contributed by atoms with Crippen LogP contribution in [0.1, 0.15) is 13.3 Å². The summed E-state index contributed by atoms with van der Waals surface area (Å²) in [6.07, 6.45) is 2.17. The van der Waals surface area contributed by atoms with Crippen molar-refractivity contribution >= 4 is 39.1 Å². The predicted molar refractivity (Wildman–Crippen MR) is 68.4 cm³/mol. The van der Waals surface area contributed by atoms with Gasteiger partial charge in [-0.1, -0.05) is 18.5 Å². The van der Waals surface area contributed by atoms with Gasteiger partial charge in [-0.2, -0.15) is 0 Å². The fourth-order valence-corrected chi connectivity index (χ4v) is 1.59. The van der Waals surface area contributed by atoms with E-state index in [4.69, 9.17) is 17.3 Å². The Labute approximate surface area is 108 Å². The number of nitrogens with one attached hydrogen (secondary N) is 1. The standard InChI is InChI=1S/C10H13BrClN3O/c1-6(2-3-13)10(16)15-7-4-8(11)9(12)14-5-7/h4-6H,2-3,13H2,1H3,(H,15,16). The van der Waals surface area contributed by atoms with Crippen LogP contribution in [0.3, 0.4) is 0 Å². The van der Waals surface area contributed by atoms with E-state index in [1.165, 1.54) is 6.20 Å². The third kappa shape index (κ3) is 3.73. The zero-order valence-electron chi connectivity index (χ0n) is 8.84. The Kier molecular flexibility index (Phi) is 5.18. The van der Waals surface area contributed by atoms with Crippen LogP contribution in [0.4, 0.5) is 5.69 Å². The van der Waals surface area contributed by atoms with E-state index in [0.717, 1.165) is 0 Å². The Balaban J connectivity index is 2.66. The van der Waals surface area contributed by atoms with Gasteiger partial charge in [0, 0.05) is 5.92 Å². The van der Waals surface area contributed by atoms with Crippen molar-refractivity contribution in [2.24, 2.45) is 11.7 Å². The molecule has 0 aliphatic carbocycles. The summed E-state index contributed by atoms with van der Waals surface area (Å²) in [7, 11) is 0. The minimum atomic E-state index is -0.112. The summed E-state index contributed by atoms with van der Waals surface area (Å²) in [5, 5.41) is 3.12. The summed E-state index contributed by atoms with van der Waals surface area (Å²) < 4.78 is 0.651. The molecule has 0 aliphatic heterocycles. The molecule has 0 bridgehead atoms. The van der Waals surface area contributed by atoms with E-state index < -0.39 is 0 Å². The summed E-state index contributed by atoms with van der Waals surface area (Å²) in [6.45, 7) is 2.33. The fraction of sp³-hybridized carbons (Fsp3) is 0.400. The van der Waals surface area contributed by atoms with Crippen LogP contribution in [0.25, 0.3) is 0 Å². The molecule has 1 aromatic rings. The molecule has 0 radical (unpaired) electrons. The smallest absolute Gasteiger partial charge is 0.227 e. The molecule has 1 heterocycles. The number of rotatable bonds is 4. The number of hydrogen-bond acceptors (Lipinski definition) is 3. The van der Waals surface area contributed by atoms with Crippen LogP contribution in [-0.2, 0) is 4.79 Å². The Morgan fingerprint density at radius 2 is 2.44 bits per heavy atom. The first kappa shape index (κ1) is 13.4. The van der Waals surface area contributed by atoms with Crippen molar-refractivity contribution in [2.75, 3.05) is 11.9 Å². The number of hydrogen-bond donors (Lipinski definition) is 2. The van der Waals surface area contributed by atoms with Crippen molar-refractivity contribution in [3.8, 4) is 0 Å². The van der Waals surface area contributed by atoms with Gasteiger partial charge < -0.3 is 11.1 Å². The average Bonchev–Trinajstić information content (AvgIpc) is 2.24. The maximum absolute atomic E-state index is 11.7. The van der Waals surface area contributed by atoms with Gasteiger partial charge in [0.15, 0.2) is 0 Å². The highest BCUT2D eigenvalue weighted by Gasteiger charge is 2.12. The maximum atomic E-state index is 11.7. The van der Waals surface area contributed by atoms with Crippen LogP contribution in [0.5, 0.6) is 0 Å². The summed E-state index contributed by atoms with van der Waals surface area (Å²) >= 11 is 8.98. The van der Waals surface area contributed by atoms with Gasteiger partial charge in [0.2, 0.25) is 5.91 Å². The molecule has 0 fully saturated rings. The van der Waals surface area contributed by atoms with E-state index in [-0.39, 0.29) is 11.8 Å². The highest BCUT2D eigenvalue weighted by molar-refractivity contribution is 9.10. The van der Waals surface area contributed by atoms with Crippen molar-refractivity contribution in [2.45, 2.75) is 13.3 Å². The van der Waals surface area contributed by atoms with Crippen molar-refractivity contribution in [1.29, 1.82) is 0 Å². The summed E-state index contributed by atoms with van der Waals surface area (Å²) in [5.74, 6) is -0.180. The number of aromatic nitrogens is 1. The summed E-state index contributed by atoms with van der Waals surface area (Å²) in [6, 6.07) is 1.71. The van der Waals surface area contributed by atoms with Crippen LogP contribution in [-0.4, -0.2) is 17.4 Å². The van der Waals surface area contributed by atoms with Crippen LogP contribution in [0.2, 0.25) is 5.15 Å². The van der Waals surface area contributed by atoms with E-state index in [2.05, 4.69) is 26.2 Å². The second kappa shape index (κ2) is 6.18. The van der Waals surface area contributed by atoms with Crippen LogP contribution < -0.4 is 11.1 Å². The van der Waals surface area contributed by atoms with Crippen molar-refractivity contribution in [1.82, 2.24) is 4.98 Å². The zero-order valence-corrected chi connectivity index (χ0v) is 11.2. The first-order chi connectivity index (χ1) is 7.54. The molecule has 1 unspecified atom stereocenters. The Bertz CT molecular complexity index is 386. The molecule has 0 saturated carbocycles. The van der Waals surface area contributed by atoms with Gasteiger partial charge in [-0.25, -0.2) is 4.98 Å². The lowest BCUT2D eigenvalue weighted by atomic mass is 10.1. The second-order valence-electron chi connectivity index (χ2n) is 3.46. The van der Waals surface area contributed by atoms with Gasteiger partial charge in [-0.3, -0.25) is 4.79 Å². The lowest BCUT2D eigenvalue weighted by Crippen LogP contribution is -2.22. The Morgan fingerprint density at radius 3 is 3.00 bits per heavy atom. The second-order valence-corrected chi connectivity index (χ2v) is 4.68. The molecule has 0 spiro atoms. The zero-order chi connectivity index (χ0) is 12.1. The van der Waals surface area contributed by atoms with Crippen LogP contribution >= 0.6 is 27.5 Å². The molecular formula is C10H13BrClN3O. The minimum absolute atomic E-state index is 0.0681. The number of nitrogens with two attached hydrogens (primary N) is 1. The highest BCUT2D eigenvalue weighted by atomic mass is 79.9. The van der Waals surface area contributed by atoms with Crippen molar-refractivity contribution in [3.63, 3.8) is 0 Å². The quantitative estimate of drug-likeness (QED) is 0.840. The molecular weight excluding hydrogens is 293 g/mol. The molecule has 0 saturated heterocycles. The molecule has 1 aromatic heterocycles. The first-order valence-electron chi connectivity index (χ1n) is 4.86. The van der Waals surface area contributed by atoms with Gasteiger partial charge >= 0.3 is 0 Å². The van der Waals surface area contributed by atoms with Crippen molar-refractivity contribution in [3.05, 3.63) is 21.9 Å². The molecule has 1 rings (SSSR count). The largest absolute Gasteiger partial charge is 0.330 e. The Hall–Kier alpha value is -0.650. The molecule has 4 nitrogen and oxygen atoms in total. The van der Waals surface area contributed by atoms with Gasteiger partial charge in [0.1, 0.15) is 5.15 Å². The number of nitrogens with zero attached hydrogens (tertiary/aromatic N) is 1. The molecule has 0 aliphatic rings. The van der Waals surface area contributed by atoms with E-state index in [1.807, 2.05) is 6.92 Å². The van der Waals surface area contributed by atoms with Crippen LogP contribution in [0, 0.1) is 5.92 Å². The lowest BCUT2D eigenvalue weighted by Gasteiger charge is -2.11. The molecule has 88 valence electrons. The van der Waals surface area contributed by atoms with E-state index in [1.54, 1.807) is 6.07 Å². The number of amides is 1. The summed E-state index contributed by atoms with van der Waals surface area (Å²) in [4.78, 5) is 15.6. The maximum Gasteiger partial charge on any atom is 0.227 e. The third-order valence-corrected chi connectivity index (χ3v) is 3.25. The van der Waals surface area contributed by atoms with E-state index >= 15 is 0 Å². The third-order valence-electron chi connectivity index (χ3n) is 2.11. The predicted octanol–water partition coefficient (Wildman–Crippen LogP) is 2.42. The number of halogens is 2. The molecule has 1 amide bonds. The van der Waals surface area contributed by atoms with Gasteiger partial charge in [0.25, 0.3) is 0 Å². The van der Waals surface area contributed by atoms with Crippen LogP contribution in [0.15, 0.2) is 16.7 Å². The highest BCUT2D eigenvalue weighted by Crippen LogP contribution is 2.23. The fourth-order valence-electron chi connectivity index (χ4n) is 1.14. The topological polar surface area (TPSA) is 68.0 Å². The lowest BCUT2D eigenvalue weighted by molar-refractivity contribution is -0.119. The number of pyridine rings is 1. The molecule has 0 aromatic carbocycles. The number of carbonyl (C=O) groups excluding carboxylic acids is 1. The SMILES string of the molecule is CC(CCN)C(=O)Nc1cnc(Cl)c(Br)c1.